The molecule has 0 aliphatic rings. The second-order valence-electron chi connectivity index (χ2n) is 2.13. The van der Waals surface area contributed by atoms with Crippen LogP contribution in [0.3, 0.4) is 0 Å². The number of esters is 1. The highest BCUT2D eigenvalue weighted by atomic mass is 19.1. The van der Waals surface area contributed by atoms with Crippen LogP contribution >= 0.6 is 0 Å². The standard InChI is InChI=1S/C8H7FO3.C2H6/c1-12-8(11)5-3-2-4-6(9)7(5)10;1-2/h2-4,10H,1H3;1-2H3. The largest absolute Gasteiger partial charge is 0.504 e. The van der Waals surface area contributed by atoms with E-state index in [-0.39, 0.29) is 5.56 Å². The lowest BCUT2D eigenvalue weighted by atomic mass is 10.2. The van der Waals surface area contributed by atoms with Gasteiger partial charge in [-0.25, -0.2) is 9.18 Å². The van der Waals surface area contributed by atoms with E-state index < -0.39 is 17.5 Å². The quantitative estimate of drug-likeness (QED) is 0.708. The van der Waals surface area contributed by atoms with Gasteiger partial charge in [-0.05, 0) is 12.1 Å². The van der Waals surface area contributed by atoms with Crippen LogP contribution in [0.25, 0.3) is 0 Å². The fourth-order valence-electron chi connectivity index (χ4n) is 0.790. The van der Waals surface area contributed by atoms with Gasteiger partial charge < -0.3 is 9.84 Å². The van der Waals surface area contributed by atoms with Gasteiger partial charge in [-0.1, -0.05) is 19.9 Å². The second-order valence-corrected chi connectivity index (χ2v) is 2.13. The van der Waals surface area contributed by atoms with E-state index in [0.717, 1.165) is 13.2 Å². The van der Waals surface area contributed by atoms with Gasteiger partial charge in [-0.3, -0.25) is 0 Å². The molecule has 1 rings (SSSR count). The molecular formula is C10H13FO3. The first-order valence-electron chi connectivity index (χ1n) is 4.22. The van der Waals surface area contributed by atoms with Gasteiger partial charge in [0.15, 0.2) is 11.6 Å². The van der Waals surface area contributed by atoms with Crippen LogP contribution in [-0.2, 0) is 4.74 Å². The van der Waals surface area contributed by atoms with Crippen molar-refractivity contribution >= 4 is 5.97 Å². The average Bonchev–Trinajstić information content (AvgIpc) is 2.24. The number of carbonyl (C=O) groups excluding carboxylic acids is 1. The van der Waals surface area contributed by atoms with E-state index in [4.69, 9.17) is 5.11 Å². The molecule has 0 unspecified atom stereocenters. The Kier molecular flexibility index (Phi) is 5.29. The molecule has 0 spiro atoms. The summed E-state index contributed by atoms with van der Waals surface area (Å²) >= 11 is 0. The molecule has 0 saturated carbocycles. The Morgan fingerprint density at radius 3 is 2.50 bits per heavy atom. The molecule has 0 fully saturated rings. The van der Waals surface area contributed by atoms with E-state index in [1.807, 2.05) is 13.8 Å². The lowest BCUT2D eigenvalue weighted by Crippen LogP contribution is -2.01. The number of ether oxygens (including phenoxy) is 1. The smallest absolute Gasteiger partial charge is 0.341 e. The molecule has 0 saturated heterocycles. The Hall–Kier alpha value is -1.58. The maximum Gasteiger partial charge on any atom is 0.341 e. The van der Waals surface area contributed by atoms with E-state index in [1.165, 1.54) is 12.1 Å². The van der Waals surface area contributed by atoms with E-state index in [9.17, 15) is 9.18 Å². The van der Waals surface area contributed by atoms with Crippen LogP contribution in [0.4, 0.5) is 4.39 Å². The van der Waals surface area contributed by atoms with Crippen LogP contribution in [0.15, 0.2) is 18.2 Å². The molecule has 0 atom stereocenters. The summed E-state index contributed by atoms with van der Waals surface area (Å²) in [4.78, 5) is 10.8. The number of methoxy groups -OCH3 is 1. The predicted octanol–water partition coefficient (Wildman–Crippen LogP) is 2.34. The number of benzene rings is 1. The van der Waals surface area contributed by atoms with Gasteiger partial charge in [0.25, 0.3) is 0 Å². The Morgan fingerprint density at radius 2 is 2.00 bits per heavy atom. The molecule has 1 aromatic carbocycles. The van der Waals surface area contributed by atoms with Crippen molar-refractivity contribution in [2.24, 2.45) is 0 Å². The van der Waals surface area contributed by atoms with Crippen LogP contribution in [0.2, 0.25) is 0 Å². The normalized spacial score (nSPS) is 8.57. The number of hydrogen-bond donors (Lipinski definition) is 1. The van der Waals surface area contributed by atoms with Crippen LogP contribution in [0.1, 0.15) is 24.2 Å². The molecule has 78 valence electrons. The molecule has 1 aromatic rings. The Labute approximate surface area is 82.1 Å². The van der Waals surface area contributed by atoms with Gasteiger partial charge >= 0.3 is 5.97 Å². The molecule has 0 aliphatic carbocycles. The Balaban J connectivity index is 0.000000791. The summed E-state index contributed by atoms with van der Waals surface area (Å²) in [6.07, 6.45) is 0. The first-order valence-corrected chi connectivity index (χ1v) is 4.22. The summed E-state index contributed by atoms with van der Waals surface area (Å²) in [6, 6.07) is 3.66. The highest BCUT2D eigenvalue weighted by molar-refractivity contribution is 5.92. The van der Waals surface area contributed by atoms with Crippen LogP contribution in [-0.4, -0.2) is 18.2 Å². The fourth-order valence-corrected chi connectivity index (χ4v) is 0.790. The van der Waals surface area contributed by atoms with Crippen LogP contribution in [0, 0.1) is 5.82 Å². The molecule has 4 heteroatoms. The average molecular weight is 200 g/mol. The van der Waals surface area contributed by atoms with E-state index >= 15 is 0 Å². The summed E-state index contributed by atoms with van der Waals surface area (Å²) in [5.41, 5.74) is -0.169. The molecule has 0 bridgehead atoms. The highest BCUT2D eigenvalue weighted by Gasteiger charge is 2.13. The summed E-state index contributed by atoms with van der Waals surface area (Å²) in [6.45, 7) is 4.00. The minimum atomic E-state index is -0.835. The lowest BCUT2D eigenvalue weighted by Gasteiger charge is -2.01. The maximum atomic E-state index is 12.6. The van der Waals surface area contributed by atoms with Crippen molar-refractivity contribution in [2.45, 2.75) is 13.8 Å². The topological polar surface area (TPSA) is 46.5 Å². The summed E-state index contributed by atoms with van der Waals surface area (Å²) < 4.78 is 16.9. The molecule has 0 aliphatic heterocycles. The third-order valence-corrected chi connectivity index (χ3v) is 1.39. The number of aromatic hydroxyl groups is 1. The van der Waals surface area contributed by atoms with Gasteiger partial charge in [0.2, 0.25) is 0 Å². The summed E-state index contributed by atoms with van der Waals surface area (Å²) in [5.74, 6) is -2.27. The first-order chi connectivity index (χ1) is 6.66. The zero-order valence-electron chi connectivity index (χ0n) is 8.37. The summed E-state index contributed by atoms with van der Waals surface area (Å²) in [5, 5.41) is 9.02. The number of phenolic OH excluding ortho intramolecular Hbond substituents is 1. The van der Waals surface area contributed by atoms with Gasteiger partial charge in [0.05, 0.1) is 7.11 Å². The van der Waals surface area contributed by atoms with Crippen molar-refractivity contribution in [1.82, 2.24) is 0 Å². The van der Waals surface area contributed by atoms with Crippen molar-refractivity contribution in [2.75, 3.05) is 7.11 Å². The minimum Gasteiger partial charge on any atom is -0.504 e. The number of phenols is 1. The van der Waals surface area contributed by atoms with Crippen molar-refractivity contribution in [3.63, 3.8) is 0 Å². The fraction of sp³-hybridized carbons (Fsp3) is 0.300. The Bertz CT molecular complexity index is 310. The predicted molar refractivity (Wildman–Crippen MR) is 50.8 cm³/mol. The molecule has 0 radical (unpaired) electrons. The second kappa shape index (κ2) is 5.96. The zero-order chi connectivity index (χ0) is 11.1. The Morgan fingerprint density at radius 1 is 1.43 bits per heavy atom. The zero-order valence-corrected chi connectivity index (χ0v) is 8.37. The van der Waals surface area contributed by atoms with Gasteiger partial charge in [0, 0.05) is 0 Å². The molecule has 0 aromatic heterocycles. The number of para-hydroxylation sites is 1. The first kappa shape index (κ1) is 12.4. The van der Waals surface area contributed by atoms with Crippen LogP contribution < -0.4 is 0 Å². The van der Waals surface area contributed by atoms with Crippen molar-refractivity contribution in [3.05, 3.63) is 29.6 Å². The van der Waals surface area contributed by atoms with Gasteiger partial charge in [-0.15, -0.1) is 0 Å². The third-order valence-electron chi connectivity index (χ3n) is 1.39. The molecule has 14 heavy (non-hydrogen) atoms. The third kappa shape index (κ3) is 2.73. The molecule has 3 nitrogen and oxygen atoms in total. The van der Waals surface area contributed by atoms with Gasteiger partial charge in [0.1, 0.15) is 5.56 Å². The molecule has 1 N–H and O–H groups in total. The van der Waals surface area contributed by atoms with E-state index in [2.05, 4.69) is 4.74 Å². The van der Waals surface area contributed by atoms with E-state index in [0.29, 0.717) is 0 Å². The van der Waals surface area contributed by atoms with E-state index in [1.54, 1.807) is 0 Å². The highest BCUT2D eigenvalue weighted by Crippen LogP contribution is 2.20. The number of carbonyl (C=O) groups is 1. The van der Waals surface area contributed by atoms with Crippen molar-refractivity contribution < 1.29 is 19.0 Å². The number of rotatable bonds is 1. The SMILES string of the molecule is CC.COC(=O)c1cccc(F)c1O. The molecular weight excluding hydrogens is 187 g/mol. The van der Waals surface area contributed by atoms with Crippen LogP contribution in [0.5, 0.6) is 5.75 Å². The molecule has 0 amide bonds. The molecule has 0 heterocycles. The van der Waals surface area contributed by atoms with Crippen molar-refractivity contribution in [1.29, 1.82) is 0 Å². The summed E-state index contributed by atoms with van der Waals surface area (Å²) in [7, 11) is 1.16. The monoisotopic (exact) mass is 200 g/mol. The number of hydrogen-bond acceptors (Lipinski definition) is 3. The minimum absolute atomic E-state index is 0.169. The lowest BCUT2D eigenvalue weighted by molar-refractivity contribution is 0.0596. The van der Waals surface area contributed by atoms with Crippen molar-refractivity contribution in [3.8, 4) is 5.75 Å². The number of halogens is 1. The maximum absolute atomic E-state index is 12.6. The van der Waals surface area contributed by atoms with Gasteiger partial charge in [-0.2, -0.15) is 0 Å².